The van der Waals surface area contributed by atoms with Crippen molar-refractivity contribution in [2.24, 2.45) is 0 Å². The van der Waals surface area contributed by atoms with Gasteiger partial charge >= 0.3 is 0 Å². The minimum atomic E-state index is -1.82. The lowest BCUT2D eigenvalue weighted by atomic mass is 10.1. The molecule has 0 saturated heterocycles. The molecule has 0 aromatic rings. The molecule has 0 bridgehead atoms. The highest BCUT2D eigenvalue weighted by atomic mass is 31.2. The molecule has 0 saturated carbocycles. The second-order valence-corrected chi connectivity index (χ2v) is 7.73. The van der Waals surface area contributed by atoms with Crippen molar-refractivity contribution < 1.29 is 9.05 Å². The predicted octanol–water partition coefficient (Wildman–Crippen LogP) is 3.90. The third kappa shape index (κ3) is 9.16. The highest BCUT2D eigenvalue weighted by molar-refractivity contribution is 7.64. The third-order valence-corrected chi connectivity index (χ3v) is 5.60. The summed E-state index contributed by atoms with van der Waals surface area (Å²) in [5, 5.41) is 3.18. The summed E-state index contributed by atoms with van der Waals surface area (Å²) in [4.78, 5) is 0. The summed E-state index contributed by atoms with van der Waals surface area (Å²) in [5.41, 5.74) is 0. The Hall–Kier alpha value is 0.180. The Morgan fingerprint density at radius 1 is 1.17 bits per heavy atom. The maximum Gasteiger partial charge on any atom is 0.117 e. The molecular formula is C14H32NO2P. The van der Waals surface area contributed by atoms with Crippen molar-refractivity contribution in [1.82, 2.24) is 5.32 Å². The van der Waals surface area contributed by atoms with E-state index in [-0.39, 0.29) is 6.10 Å². The third-order valence-electron chi connectivity index (χ3n) is 3.22. The van der Waals surface area contributed by atoms with E-state index in [2.05, 4.69) is 25.5 Å². The Labute approximate surface area is 114 Å². The van der Waals surface area contributed by atoms with Crippen LogP contribution in [-0.4, -0.2) is 39.3 Å². The van der Waals surface area contributed by atoms with Gasteiger partial charge in [-0.2, -0.15) is 0 Å². The van der Waals surface area contributed by atoms with Crippen molar-refractivity contribution in [2.75, 3.05) is 26.9 Å². The van der Waals surface area contributed by atoms with Crippen molar-refractivity contribution in [3.05, 3.63) is 0 Å². The summed E-state index contributed by atoms with van der Waals surface area (Å²) < 4.78 is 11.3. The van der Waals surface area contributed by atoms with E-state index in [0.717, 1.165) is 19.1 Å². The molecule has 2 unspecified atom stereocenters. The van der Waals surface area contributed by atoms with Crippen molar-refractivity contribution in [1.29, 1.82) is 0 Å². The van der Waals surface area contributed by atoms with Crippen LogP contribution in [-0.2, 0) is 9.05 Å². The zero-order valence-corrected chi connectivity index (χ0v) is 13.6. The normalized spacial score (nSPS) is 16.4. The minimum absolute atomic E-state index is 0.271. The van der Waals surface area contributed by atoms with E-state index in [9.17, 15) is 0 Å². The molecular weight excluding hydrogens is 245 g/mol. The zero-order chi connectivity index (χ0) is 13.9. The molecule has 0 radical (unpaired) electrons. The average Bonchev–Trinajstić information content (AvgIpc) is 2.37. The van der Waals surface area contributed by atoms with Gasteiger partial charge in [0.15, 0.2) is 0 Å². The van der Waals surface area contributed by atoms with Gasteiger partial charge in [0.25, 0.3) is 0 Å². The van der Waals surface area contributed by atoms with Crippen molar-refractivity contribution in [3.63, 3.8) is 0 Å². The Kier molecular flexibility index (Phi) is 11.2. The summed E-state index contributed by atoms with van der Waals surface area (Å²) in [5.74, 6) is 0. The molecule has 0 fully saturated rings. The van der Waals surface area contributed by atoms with Crippen LogP contribution in [0.3, 0.4) is 0 Å². The number of unbranched alkanes of at least 4 members (excludes halogenated alkanes) is 4. The van der Waals surface area contributed by atoms with E-state index in [1.807, 2.05) is 7.05 Å². The molecule has 4 heteroatoms. The fourth-order valence-corrected chi connectivity index (χ4v) is 3.15. The zero-order valence-electron chi connectivity index (χ0n) is 12.7. The van der Waals surface area contributed by atoms with Crippen LogP contribution in [0.25, 0.3) is 0 Å². The lowest BCUT2D eigenvalue weighted by Gasteiger charge is -2.25. The number of hydrogen-bond donors (Lipinski definition) is 1. The van der Waals surface area contributed by atoms with Crippen LogP contribution in [0.4, 0.5) is 0 Å². The van der Waals surface area contributed by atoms with Crippen molar-refractivity contribution in [2.45, 2.75) is 58.5 Å². The smallest absolute Gasteiger partial charge is 0.117 e. The van der Waals surface area contributed by atoms with E-state index in [4.69, 9.17) is 9.05 Å². The molecule has 18 heavy (non-hydrogen) atoms. The summed E-state index contributed by atoms with van der Waals surface area (Å²) in [6.45, 7) is 5.35. The van der Waals surface area contributed by atoms with E-state index in [1.54, 1.807) is 7.11 Å². The number of rotatable bonds is 12. The Morgan fingerprint density at radius 3 is 2.33 bits per heavy atom. The summed E-state index contributed by atoms with van der Waals surface area (Å²) in [7, 11) is 1.90. The Morgan fingerprint density at radius 2 is 1.78 bits per heavy atom. The fourth-order valence-electron chi connectivity index (χ4n) is 1.89. The molecule has 0 aliphatic rings. The number of hydrogen-bond acceptors (Lipinski definition) is 3. The second kappa shape index (κ2) is 11.0. The molecule has 3 nitrogen and oxygen atoms in total. The van der Waals surface area contributed by atoms with Gasteiger partial charge in [0, 0.05) is 13.3 Å². The molecule has 0 aliphatic heterocycles. The summed E-state index contributed by atoms with van der Waals surface area (Å²) >= 11 is 0. The van der Waals surface area contributed by atoms with Gasteiger partial charge in [-0.25, -0.2) is 0 Å². The van der Waals surface area contributed by atoms with Crippen LogP contribution < -0.4 is 5.32 Å². The average molecular weight is 277 g/mol. The molecule has 0 amide bonds. The largest absolute Gasteiger partial charge is 0.341 e. The lowest BCUT2D eigenvalue weighted by Crippen LogP contribution is -2.09. The first-order valence-corrected chi connectivity index (χ1v) is 9.18. The van der Waals surface area contributed by atoms with Gasteiger partial charge < -0.3 is 14.4 Å². The van der Waals surface area contributed by atoms with Crippen LogP contribution in [0.1, 0.15) is 52.4 Å². The molecule has 0 aromatic heterocycles. The van der Waals surface area contributed by atoms with E-state index in [1.165, 1.54) is 32.1 Å². The first kappa shape index (κ1) is 18.2. The van der Waals surface area contributed by atoms with Crippen molar-refractivity contribution in [3.8, 4) is 0 Å². The monoisotopic (exact) mass is 277 g/mol. The standard InChI is InChI=1S/C14H32NO2P/c1-6-18(5,16-4)17-14(2)12-10-8-7-9-11-13-15-3/h14-15H,5-13H2,1-4H3. The van der Waals surface area contributed by atoms with Crippen LogP contribution in [0.15, 0.2) is 0 Å². The summed E-state index contributed by atoms with van der Waals surface area (Å²) in [6.07, 6.45) is 12.9. The van der Waals surface area contributed by atoms with Gasteiger partial charge in [0.1, 0.15) is 7.34 Å². The molecule has 1 N–H and O–H groups in total. The number of nitrogens with one attached hydrogen (secondary N) is 1. The van der Waals surface area contributed by atoms with Crippen LogP contribution in [0, 0.1) is 0 Å². The maximum atomic E-state index is 5.95. The van der Waals surface area contributed by atoms with Gasteiger partial charge in [-0.05, 0) is 33.4 Å². The maximum absolute atomic E-state index is 5.95. The Balaban J connectivity index is 3.53. The van der Waals surface area contributed by atoms with Gasteiger partial charge in [-0.1, -0.05) is 38.9 Å². The second-order valence-electron chi connectivity index (χ2n) is 4.89. The topological polar surface area (TPSA) is 30.5 Å². The molecule has 110 valence electrons. The van der Waals surface area contributed by atoms with E-state index in [0.29, 0.717) is 0 Å². The van der Waals surface area contributed by atoms with Gasteiger partial charge in [0.2, 0.25) is 0 Å². The van der Waals surface area contributed by atoms with Gasteiger partial charge in [0.05, 0.1) is 6.10 Å². The molecule has 0 aliphatic carbocycles. The lowest BCUT2D eigenvalue weighted by molar-refractivity contribution is 0.193. The van der Waals surface area contributed by atoms with Crippen molar-refractivity contribution >= 4 is 13.6 Å². The molecule has 0 spiro atoms. The molecule has 0 rings (SSSR count). The summed E-state index contributed by atoms with van der Waals surface area (Å²) in [6, 6.07) is 0. The molecule has 0 heterocycles. The van der Waals surface area contributed by atoms with Crippen LogP contribution in [0.2, 0.25) is 0 Å². The van der Waals surface area contributed by atoms with Gasteiger partial charge in [-0.3, -0.25) is 0 Å². The highest BCUT2D eigenvalue weighted by Crippen LogP contribution is 2.47. The van der Waals surface area contributed by atoms with Gasteiger partial charge in [-0.15, -0.1) is 0 Å². The Bertz CT molecular complexity index is 226. The predicted molar refractivity (Wildman–Crippen MR) is 83.8 cm³/mol. The van der Waals surface area contributed by atoms with E-state index >= 15 is 0 Å². The highest BCUT2D eigenvalue weighted by Gasteiger charge is 2.15. The van der Waals surface area contributed by atoms with Crippen LogP contribution in [0.5, 0.6) is 0 Å². The first-order valence-electron chi connectivity index (χ1n) is 7.19. The fraction of sp³-hybridized carbons (Fsp3) is 0.929. The molecule has 2 atom stereocenters. The van der Waals surface area contributed by atoms with E-state index < -0.39 is 7.34 Å². The first-order chi connectivity index (χ1) is 8.58. The quantitative estimate of drug-likeness (QED) is 0.433. The van der Waals surface area contributed by atoms with Crippen LogP contribution >= 0.6 is 7.34 Å². The molecule has 0 aromatic carbocycles. The SMILES string of the molecule is C=P(CC)(OC)OC(C)CCCCCCCNC. The minimum Gasteiger partial charge on any atom is -0.341 e.